The maximum absolute atomic E-state index is 12.0. The highest BCUT2D eigenvalue weighted by molar-refractivity contribution is 5.95. The monoisotopic (exact) mass is 275 g/mol. The SMILES string of the molecule is C=C(NC(=O)c1ccccc1)C(C(=O)OCC)C(C)C. The highest BCUT2D eigenvalue weighted by Gasteiger charge is 2.27. The second-order valence-electron chi connectivity index (χ2n) is 4.82. The molecule has 0 aromatic heterocycles. The number of hydrogen-bond donors (Lipinski definition) is 1. The first-order valence-electron chi connectivity index (χ1n) is 6.69. The standard InChI is InChI=1S/C16H21NO3/c1-5-20-16(19)14(11(2)3)12(4)17-15(18)13-9-7-6-8-10-13/h6-11,14H,4-5H2,1-3H3,(H,17,18). The number of rotatable bonds is 6. The molecule has 4 heteroatoms. The number of amides is 1. The van der Waals surface area contributed by atoms with E-state index >= 15 is 0 Å². The lowest BCUT2D eigenvalue weighted by molar-refractivity contribution is -0.148. The predicted octanol–water partition coefficient (Wildman–Crippen LogP) is 2.77. The van der Waals surface area contributed by atoms with Crippen molar-refractivity contribution in [2.45, 2.75) is 20.8 Å². The molecule has 0 fully saturated rings. The molecule has 0 aliphatic heterocycles. The number of nitrogens with one attached hydrogen (secondary N) is 1. The minimum absolute atomic E-state index is 0.00220. The maximum Gasteiger partial charge on any atom is 0.315 e. The van der Waals surface area contributed by atoms with Crippen LogP contribution in [-0.2, 0) is 9.53 Å². The van der Waals surface area contributed by atoms with Crippen LogP contribution in [0.25, 0.3) is 0 Å². The summed E-state index contributed by atoms with van der Waals surface area (Å²) < 4.78 is 5.02. The molecule has 0 saturated carbocycles. The van der Waals surface area contributed by atoms with Gasteiger partial charge < -0.3 is 10.1 Å². The van der Waals surface area contributed by atoms with Gasteiger partial charge in [0, 0.05) is 11.3 Å². The Balaban J connectivity index is 2.77. The van der Waals surface area contributed by atoms with E-state index in [0.29, 0.717) is 17.9 Å². The normalized spacial score (nSPS) is 11.8. The van der Waals surface area contributed by atoms with E-state index in [0.717, 1.165) is 0 Å². The number of carbonyl (C=O) groups excluding carboxylic acids is 2. The van der Waals surface area contributed by atoms with E-state index in [1.165, 1.54) is 0 Å². The van der Waals surface area contributed by atoms with E-state index in [1.54, 1.807) is 31.2 Å². The molecule has 0 radical (unpaired) electrons. The number of esters is 1. The molecule has 20 heavy (non-hydrogen) atoms. The Labute approximate surface area is 119 Å². The molecule has 0 heterocycles. The Morgan fingerprint density at radius 3 is 2.35 bits per heavy atom. The van der Waals surface area contributed by atoms with Crippen LogP contribution in [0.4, 0.5) is 0 Å². The summed E-state index contributed by atoms with van der Waals surface area (Å²) in [7, 11) is 0. The summed E-state index contributed by atoms with van der Waals surface area (Å²) in [6.45, 7) is 9.65. The van der Waals surface area contributed by atoms with Crippen molar-refractivity contribution in [3.8, 4) is 0 Å². The smallest absolute Gasteiger partial charge is 0.315 e. The van der Waals surface area contributed by atoms with Crippen LogP contribution in [-0.4, -0.2) is 18.5 Å². The van der Waals surface area contributed by atoms with Gasteiger partial charge in [-0.05, 0) is 25.0 Å². The van der Waals surface area contributed by atoms with Crippen molar-refractivity contribution in [1.82, 2.24) is 5.32 Å². The average molecular weight is 275 g/mol. The van der Waals surface area contributed by atoms with Crippen LogP contribution < -0.4 is 5.32 Å². The predicted molar refractivity (Wildman–Crippen MR) is 78.0 cm³/mol. The van der Waals surface area contributed by atoms with Crippen LogP contribution in [0.15, 0.2) is 42.6 Å². The van der Waals surface area contributed by atoms with E-state index in [9.17, 15) is 9.59 Å². The molecule has 1 unspecified atom stereocenters. The Morgan fingerprint density at radius 1 is 1.25 bits per heavy atom. The van der Waals surface area contributed by atoms with Crippen molar-refractivity contribution in [2.75, 3.05) is 6.61 Å². The number of ether oxygens (including phenoxy) is 1. The molecular weight excluding hydrogens is 254 g/mol. The first-order valence-corrected chi connectivity index (χ1v) is 6.69. The van der Waals surface area contributed by atoms with Crippen LogP contribution in [0.5, 0.6) is 0 Å². The molecule has 1 amide bonds. The average Bonchev–Trinajstić information content (AvgIpc) is 2.39. The number of hydrogen-bond acceptors (Lipinski definition) is 3. The number of benzene rings is 1. The third-order valence-corrected chi connectivity index (χ3v) is 2.89. The van der Waals surface area contributed by atoms with Crippen LogP contribution in [0.2, 0.25) is 0 Å². The third kappa shape index (κ3) is 4.23. The summed E-state index contributed by atoms with van der Waals surface area (Å²) in [6.07, 6.45) is 0. The second kappa shape index (κ2) is 7.48. The van der Waals surface area contributed by atoms with Gasteiger partial charge in [0.15, 0.2) is 0 Å². The molecule has 4 nitrogen and oxygen atoms in total. The number of carbonyl (C=O) groups is 2. The summed E-state index contributed by atoms with van der Waals surface area (Å²) in [5.74, 6) is -1.17. The lowest BCUT2D eigenvalue weighted by atomic mass is 9.93. The van der Waals surface area contributed by atoms with Crippen molar-refractivity contribution in [1.29, 1.82) is 0 Å². The molecule has 0 aliphatic carbocycles. The van der Waals surface area contributed by atoms with Crippen molar-refractivity contribution in [3.63, 3.8) is 0 Å². The van der Waals surface area contributed by atoms with E-state index in [-0.39, 0.29) is 17.8 Å². The second-order valence-corrected chi connectivity index (χ2v) is 4.82. The minimum atomic E-state index is -0.539. The molecule has 0 spiro atoms. The Kier molecular flexibility index (Phi) is 5.97. The van der Waals surface area contributed by atoms with E-state index in [1.807, 2.05) is 19.9 Å². The topological polar surface area (TPSA) is 55.4 Å². The molecule has 0 saturated heterocycles. The zero-order chi connectivity index (χ0) is 15.1. The first-order chi connectivity index (χ1) is 9.47. The fourth-order valence-electron chi connectivity index (χ4n) is 1.93. The molecule has 1 aromatic carbocycles. The minimum Gasteiger partial charge on any atom is -0.465 e. The van der Waals surface area contributed by atoms with Gasteiger partial charge in [-0.3, -0.25) is 9.59 Å². The lowest BCUT2D eigenvalue weighted by Gasteiger charge is -2.21. The zero-order valence-electron chi connectivity index (χ0n) is 12.2. The van der Waals surface area contributed by atoms with Gasteiger partial charge in [-0.2, -0.15) is 0 Å². The molecule has 0 bridgehead atoms. The summed E-state index contributed by atoms with van der Waals surface area (Å²) in [6, 6.07) is 8.81. The van der Waals surface area contributed by atoms with Crippen LogP contribution in [0, 0.1) is 11.8 Å². The Morgan fingerprint density at radius 2 is 1.85 bits per heavy atom. The molecular formula is C16H21NO3. The first kappa shape index (κ1) is 16.0. The van der Waals surface area contributed by atoms with Gasteiger partial charge in [-0.25, -0.2) is 0 Å². The van der Waals surface area contributed by atoms with Gasteiger partial charge in [0.2, 0.25) is 0 Å². The molecule has 1 aromatic rings. The summed E-state index contributed by atoms with van der Waals surface area (Å²) in [5.41, 5.74) is 0.896. The highest BCUT2D eigenvalue weighted by Crippen LogP contribution is 2.19. The lowest BCUT2D eigenvalue weighted by Crippen LogP contribution is -2.34. The molecule has 1 atom stereocenters. The van der Waals surface area contributed by atoms with Gasteiger partial charge in [-0.1, -0.05) is 38.6 Å². The van der Waals surface area contributed by atoms with E-state index < -0.39 is 5.92 Å². The molecule has 0 aliphatic rings. The fourth-order valence-corrected chi connectivity index (χ4v) is 1.93. The summed E-state index contributed by atoms with van der Waals surface area (Å²) in [5, 5.41) is 2.68. The van der Waals surface area contributed by atoms with Crippen LogP contribution >= 0.6 is 0 Å². The van der Waals surface area contributed by atoms with Gasteiger partial charge in [0.1, 0.15) is 0 Å². The highest BCUT2D eigenvalue weighted by atomic mass is 16.5. The Bertz CT molecular complexity index is 480. The largest absolute Gasteiger partial charge is 0.465 e. The van der Waals surface area contributed by atoms with E-state index in [4.69, 9.17) is 4.74 Å². The summed E-state index contributed by atoms with van der Waals surface area (Å²) >= 11 is 0. The molecule has 108 valence electrons. The third-order valence-electron chi connectivity index (χ3n) is 2.89. The van der Waals surface area contributed by atoms with Crippen molar-refractivity contribution < 1.29 is 14.3 Å². The van der Waals surface area contributed by atoms with Crippen molar-refractivity contribution in [2.24, 2.45) is 11.8 Å². The van der Waals surface area contributed by atoms with Crippen molar-refractivity contribution in [3.05, 3.63) is 48.2 Å². The van der Waals surface area contributed by atoms with Gasteiger partial charge in [-0.15, -0.1) is 0 Å². The maximum atomic E-state index is 12.0. The van der Waals surface area contributed by atoms with Gasteiger partial charge in [0.25, 0.3) is 5.91 Å². The molecule has 1 N–H and O–H groups in total. The zero-order valence-corrected chi connectivity index (χ0v) is 12.2. The quantitative estimate of drug-likeness (QED) is 0.812. The van der Waals surface area contributed by atoms with Crippen LogP contribution in [0.1, 0.15) is 31.1 Å². The Hall–Kier alpha value is -2.10. The van der Waals surface area contributed by atoms with Gasteiger partial charge >= 0.3 is 5.97 Å². The fraction of sp³-hybridized carbons (Fsp3) is 0.375. The van der Waals surface area contributed by atoms with Crippen molar-refractivity contribution >= 4 is 11.9 Å². The summed E-state index contributed by atoms with van der Waals surface area (Å²) in [4.78, 5) is 23.9. The molecule has 1 rings (SSSR count). The van der Waals surface area contributed by atoms with Crippen LogP contribution in [0.3, 0.4) is 0 Å². The van der Waals surface area contributed by atoms with Gasteiger partial charge in [0.05, 0.1) is 12.5 Å². The van der Waals surface area contributed by atoms with E-state index in [2.05, 4.69) is 11.9 Å².